The Kier molecular flexibility index (Phi) is 4.02. The molecule has 0 atom stereocenters. The minimum absolute atomic E-state index is 0.0338. The first-order valence-corrected chi connectivity index (χ1v) is 5.66. The molecule has 0 radical (unpaired) electrons. The number of hydrogen-bond donors (Lipinski definition) is 0. The quantitative estimate of drug-likeness (QED) is 0.626. The maximum absolute atomic E-state index is 13.1. The Hall–Kier alpha value is -2.22. The van der Waals surface area contributed by atoms with Gasteiger partial charge in [-0.1, -0.05) is 47.7 Å². The minimum atomic E-state index is -0.473. The van der Waals surface area contributed by atoms with E-state index in [1.54, 1.807) is 12.1 Å². The minimum Gasteiger partial charge on any atom is -0.205 e. The van der Waals surface area contributed by atoms with Crippen molar-refractivity contribution in [1.82, 2.24) is 0 Å². The fourth-order valence-electron chi connectivity index (χ4n) is 1.32. The second-order valence-corrected chi connectivity index (χ2v) is 3.85. The number of hydrogen-bond acceptors (Lipinski definition) is 0. The Labute approximate surface area is 110 Å². The second-order valence-electron chi connectivity index (χ2n) is 3.47. The van der Waals surface area contributed by atoms with Crippen molar-refractivity contribution in [1.29, 1.82) is 0 Å². The average Bonchev–Trinajstić information content (AvgIpc) is 2.40. The summed E-state index contributed by atoms with van der Waals surface area (Å²) in [5.74, 6) is 10.5. The van der Waals surface area contributed by atoms with E-state index in [1.807, 2.05) is 30.3 Å². The first-order chi connectivity index (χ1) is 8.77. The van der Waals surface area contributed by atoms with Gasteiger partial charge in [-0.3, -0.25) is 0 Å². The molecule has 2 aromatic rings. The molecular weight excluding hydrogens is 247 g/mol. The molecule has 0 saturated heterocycles. The van der Waals surface area contributed by atoms with Gasteiger partial charge in [-0.25, -0.2) is 4.39 Å². The van der Waals surface area contributed by atoms with Crippen molar-refractivity contribution in [3.05, 3.63) is 70.5 Å². The van der Waals surface area contributed by atoms with Gasteiger partial charge < -0.3 is 0 Å². The van der Waals surface area contributed by atoms with Crippen LogP contribution in [-0.4, -0.2) is 0 Å². The summed E-state index contributed by atoms with van der Waals surface area (Å²) in [5.41, 5.74) is 1.33. The predicted molar refractivity (Wildman–Crippen MR) is 71.6 cm³/mol. The zero-order chi connectivity index (χ0) is 12.8. The lowest BCUT2D eigenvalue weighted by Crippen LogP contribution is -1.81. The van der Waals surface area contributed by atoms with Crippen molar-refractivity contribution in [3.63, 3.8) is 0 Å². The molecule has 2 heteroatoms. The summed E-state index contributed by atoms with van der Waals surface area (Å²) in [5, 5.41) is 0.0338. The highest BCUT2D eigenvalue weighted by atomic mass is 35.5. The Bertz CT molecular complexity index is 667. The van der Waals surface area contributed by atoms with Gasteiger partial charge in [-0.05, 0) is 36.1 Å². The molecule has 0 saturated carbocycles. The van der Waals surface area contributed by atoms with E-state index in [2.05, 4.69) is 23.7 Å². The lowest BCUT2D eigenvalue weighted by molar-refractivity contribution is 0.628. The summed E-state index contributed by atoms with van der Waals surface area (Å²) in [4.78, 5) is 0. The van der Waals surface area contributed by atoms with Gasteiger partial charge in [-0.15, -0.1) is 0 Å². The van der Waals surface area contributed by atoms with E-state index in [0.717, 1.165) is 5.56 Å². The Morgan fingerprint density at radius 2 is 1.56 bits per heavy atom. The maximum Gasteiger partial charge on any atom is 0.143 e. The molecule has 0 bridgehead atoms. The highest BCUT2D eigenvalue weighted by Crippen LogP contribution is 2.18. The van der Waals surface area contributed by atoms with Crippen LogP contribution < -0.4 is 0 Å². The summed E-state index contributed by atoms with van der Waals surface area (Å²) < 4.78 is 13.1. The molecule has 86 valence electrons. The monoisotopic (exact) mass is 254 g/mol. The molecule has 0 aliphatic rings. The first kappa shape index (κ1) is 12.2. The largest absolute Gasteiger partial charge is 0.205 e. The SMILES string of the molecule is Fc1cccc(C#CC#Cc2ccccc2)c1Cl. The Morgan fingerprint density at radius 3 is 2.33 bits per heavy atom. The molecule has 2 rings (SSSR count). The molecule has 0 spiro atoms. The molecule has 0 amide bonds. The third-order valence-corrected chi connectivity index (χ3v) is 2.58. The van der Waals surface area contributed by atoms with Crippen molar-refractivity contribution in [2.24, 2.45) is 0 Å². The molecule has 0 unspecified atom stereocenters. The van der Waals surface area contributed by atoms with Crippen LogP contribution >= 0.6 is 11.6 Å². The molecule has 18 heavy (non-hydrogen) atoms. The predicted octanol–water partition coefficient (Wildman–Crippen LogP) is 3.88. The highest BCUT2D eigenvalue weighted by molar-refractivity contribution is 6.31. The maximum atomic E-state index is 13.1. The van der Waals surface area contributed by atoms with Gasteiger partial charge in [0.15, 0.2) is 0 Å². The Morgan fingerprint density at radius 1 is 0.833 bits per heavy atom. The van der Waals surface area contributed by atoms with E-state index in [4.69, 9.17) is 11.6 Å². The van der Waals surface area contributed by atoms with Crippen LogP contribution in [0, 0.1) is 29.5 Å². The normalized spacial score (nSPS) is 8.78. The van der Waals surface area contributed by atoms with Crippen LogP contribution in [0.15, 0.2) is 48.5 Å². The van der Waals surface area contributed by atoms with E-state index in [-0.39, 0.29) is 5.02 Å². The lowest BCUT2D eigenvalue weighted by Gasteiger charge is -1.94. The van der Waals surface area contributed by atoms with E-state index < -0.39 is 5.82 Å². The Balaban J connectivity index is 2.19. The van der Waals surface area contributed by atoms with Crippen molar-refractivity contribution >= 4 is 11.6 Å². The second kappa shape index (κ2) is 5.92. The summed E-state index contributed by atoms with van der Waals surface area (Å²) in [6, 6.07) is 14.0. The van der Waals surface area contributed by atoms with E-state index >= 15 is 0 Å². The topological polar surface area (TPSA) is 0 Å². The standard InChI is InChI=1S/C16H8ClF/c17-16-14(11-6-12-15(16)18)10-5-4-9-13-7-2-1-3-8-13/h1-3,6-8,11-12H. The van der Waals surface area contributed by atoms with Crippen molar-refractivity contribution in [2.45, 2.75) is 0 Å². The lowest BCUT2D eigenvalue weighted by atomic mass is 10.2. The average molecular weight is 255 g/mol. The van der Waals surface area contributed by atoms with Gasteiger partial charge in [-0.2, -0.15) is 0 Å². The van der Waals surface area contributed by atoms with Crippen LogP contribution in [0.2, 0.25) is 5.02 Å². The third kappa shape index (κ3) is 3.14. The fraction of sp³-hybridized carbons (Fsp3) is 0. The molecule has 0 heterocycles. The van der Waals surface area contributed by atoms with Crippen LogP contribution in [0.3, 0.4) is 0 Å². The van der Waals surface area contributed by atoms with Crippen LogP contribution in [0.1, 0.15) is 11.1 Å². The summed E-state index contributed by atoms with van der Waals surface area (Å²) in [7, 11) is 0. The third-order valence-electron chi connectivity index (χ3n) is 2.19. The fourth-order valence-corrected chi connectivity index (χ4v) is 1.50. The van der Waals surface area contributed by atoms with Gasteiger partial charge in [0.1, 0.15) is 5.82 Å². The molecule has 0 N–H and O–H groups in total. The summed E-state index contributed by atoms with van der Waals surface area (Å²) >= 11 is 5.76. The van der Waals surface area contributed by atoms with Crippen LogP contribution in [0.25, 0.3) is 0 Å². The molecular formula is C16H8ClF. The van der Waals surface area contributed by atoms with E-state index in [0.29, 0.717) is 5.56 Å². The molecule has 0 fully saturated rings. The molecule has 0 aliphatic carbocycles. The van der Waals surface area contributed by atoms with Crippen molar-refractivity contribution in [3.8, 4) is 23.7 Å². The van der Waals surface area contributed by atoms with Gasteiger partial charge in [0, 0.05) is 11.1 Å². The smallest absolute Gasteiger partial charge is 0.143 e. The van der Waals surface area contributed by atoms with Crippen LogP contribution in [0.4, 0.5) is 4.39 Å². The zero-order valence-corrected chi connectivity index (χ0v) is 10.1. The number of rotatable bonds is 0. The van der Waals surface area contributed by atoms with E-state index in [1.165, 1.54) is 6.07 Å². The number of halogens is 2. The van der Waals surface area contributed by atoms with Crippen molar-refractivity contribution < 1.29 is 4.39 Å². The van der Waals surface area contributed by atoms with Gasteiger partial charge in [0.2, 0.25) is 0 Å². The molecule has 0 nitrogen and oxygen atoms in total. The van der Waals surface area contributed by atoms with Gasteiger partial charge in [0.05, 0.1) is 5.02 Å². The first-order valence-electron chi connectivity index (χ1n) is 5.28. The van der Waals surface area contributed by atoms with Crippen LogP contribution in [0.5, 0.6) is 0 Å². The number of benzene rings is 2. The summed E-state index contributed by atoms with van der Waals surface area (Å²) in [6.07, 6.45) is 0. The molecule has 2 aromatic carbocycles. The molecule has 0 aliphatic heterocycles. The zero-order valence-electron chi connectivity index (χ0n) is 9.37. The molecule has 0 aromatic heterocycles. The van der Waals surface area contributed by atoms with E-state index in [9.17, 15) is 4.39 Å². The highest BCUT2D eigenvalue weighted by Gasteiger charge is 2.01. The van der Waals surface area contributed by atoms with Crippen LogP contribution in [-0.2, 0) is 0 Å². The summed E-state index contributed by atoms with van der Waals surface area (Å²) in [6.45, 7) is 0. The van der Waals surface area contributed by atoms with Gasteiger partial charge in [0.25, 0.3) is 0 Å². The van der Waals surface area contributed by atoms with Crippen molar-refractivity contribution in [2.75, 3.05) is 0 Å². The van der Waals surface area contributed by atoms with Gasteiger partial charge >= 0.3 is 0 Å².